The lowest BCUT2D eigenvalue weighted by Crippen LogP contribution is -2.62. The number of carbonyl (C=O) groups is 1. The van der Waals surface area contributed by atoms with Crippen LogP contribution < -0.4 is 5.32 Å². The van der Waals surface area contributed by atoms with Crippen LogP contribution in [0.3, 0.4) is 0 Å². The van der Waals surface area contributed by atoms with Crippen molar-refractivity contribution in [1.82, 2.24) is 5.32 Å². The summed E-state index contributed by atoms with van der Waals surface area (Å²) in [5.74, 6) is -12.7. The third-order valence-electron chi connectivity index (χ3n) is 2.17. The van der Waals surface area contributed by atoms with Crippen LogP contribution in [0.2, 0.25) is 0 Å². The van der Waals surface area contributed by atoms with E-state index < -0.39 is 36.4 Å². The molecule has 108 valence electrons. The summed E-state index contributed by atoms with van der Waals surface area (Å²) in [7, 11) is 0. The number of hydrogen-bond donors (Lipinski definition) is 1. The molecule has 0 aliphatic heterocycles. The van der Waals surface area contributed by atoms with E-state index in [1.54, 1.807) is 0 Å². The van der Waals surface area contributed by atoms with Crippen LogP contribution in [-0.2, 0) is 4.79 Å². The third-order valence-corrected chi connectivity index (χ3v) is 2.17. The molecule has 0 radical (unpaired) electrons. The maximum atomic E-state index is 13.2. The Bertz CT molecular complexity index is 300. The molecule has 0 aliphatic rings. The number of hydrogen-bond acceptors (Lipinski definition) is 1. The van der Waals surface area contributed by atoms with Crippen molar-refractivity contribution in [3.8, 4) is 0 Å². The second-order valence-corrected chi connectivity index (χ2v) is 3.74. The number of carbonyl (C=O) groups excluding carboxylic acids is 1. The number of amides is 1. The van der Waals surface area contributed by atoms with Crippen LogP contribution in [0.1, 0.15) is 26.7 Å². The zero-order valence-corrected chi connectivity index (χ0v) is 9.55. The Morgan fingerprint density at radius 2 is 1.56 bits per heavy atom. The van der Waals surface area contributed by atoms with Gasteiger partial charge in [-0.05, 0) is 6.42 Å². The van der Waals surface area contributed by atoms with Crippen molar-refractivity contribution < 1.29 is 35.5 Å². The molecule has 0 fully saturated rings. The molecule has 0 bridgehead atoms. The van der Waals surface area contributed by atoms with E-state index in [9.17, 15) is 35.5 Å². The van der Waals surface area contributed by atoms with Gasteiger partial charge in [-0.15, -0.1) is 0 Å². The van der Waals surface area contributed by atoms with Crippen molar-refractivity contribution in [3.63, 3.8) is 0 Å². The maximum absolute atomic E-state index is 13.2. The van der Waals surface area contributed by atoms with E-state index in [1.807, 2.05) is 0 Å². The predicted molar refractivity (Wildman–Crippen MR) is 48.5 cm³/mol. The zero-order chi connectivity index (χ0) is 14.8. The van der Waals surface area contributed by atoms with Gasteiger partial charge in [-0.3, -0.25) is 4.79 Å². The quantitative estimate of drug-likeness (QED) is 0.772. The van der Waals surface area contributed by atoms with Gasteiger partial charge in [0, 0.05) is 6.92 Å². The Hall–Kier alpha value is -1.02. The van der Waals surface area contributed by atoms with E-state index in [4.69, 9.17) is 0 Å². The van der Waals surface area contributed by atoms with Gasteiger partial charge in [0.15, 0.2) is 0 Å². The SMILES string of the molecule is CCC[C@@H](NC(C)=O)C(F)(F)C(F)(F)C(F)(F)F. The van der Waals surface area contributed by atoms with Crippen molar-refractivity contribution in [2.24, 2.45) is 0 Å². The summed E-state index contributed by atoms with van der Waals surface area (Å²) in [4.78, 5) is 10.6. The molecule has 2 nitrogen and oxygen atoms in total. The van der Waals surface area contributed by atoms with Gasteiger partial charge in [-0.2, -0.15) is 30.7 Å². The largest absolute Gasteiger partial charge is 0.459 e. The summed E-state index contributed by atoms with van der Waals surface area (Å²) >= 11 is 0. The van der Waals surface area contributed by atoms with E-state index in [-0.39, 0.29) is 6.42 Å². The molecule has 18 heavy (non-hydrogen) atoms. The van der Waals surface area contributed by atoms with Gasteiger partial charge < -0.3 is 5.32 Å². The highest BCUT2D eigenvalue weighted by atomic mass is 19.4. The van der Waals surface area contributed by atoms with Crippen LogP contribution in [0.15, 0.2) is 0 Å². The maximum Gasteiger partial charge on any atom is 0.459 e. The lowest BCUT2D eigenvalue weighted by Gasteiger charge is -2.34. The van der Waals surface area contributed by atoms with Crippen molar-refractivity contribution in [2.45, 2.75) is 50.8 Å². The highest BCUT2D eigenvalue weighted by Crippen LogP contribution is 2.48. The predicted octanol–water partition coefficient (Wildman–Crippen LogP) is 3.12. The van der Waals surface area contributed by atoms with Crippen molar-refractivity contribution in [3.05, 3.63) is 0 Å². The Labute approximate surface area is 98.5 Å². The molecule has 1 amide bonds. The van der Waals surface area contributed by atoms with Crippen LogP contribution in [0.5, 0.6) is 0 Å². The summed E-state index contributed by atoms with van der Waals surface area (Å²) in [6.45, 7) is 2.07. The fourth-order valence-electron chi connectivity index (χ4n) is 1.29. The molecule has 9 heteroatoms. The summed E-state index contributed by atoms with van der Waals surface area (Å²) < 4.78 is 87.6. The monoisotopic (exact) mass is 283 g/mol. The van der Waals surface area contributed by atoms with Crippen molar-refractivity contribution >= 4 is 5.91 Å². The van der Waals surface area contributed by atoms with Gasteiger partial charge in [-0.1, -0.05) is 13.3 Å². The third kappa shape index (κ3) is 3.26. The number of rotatable bonds is 5. The molecule has 0 aromatic carbocycles. The first kappa shape index (κ1) is 17.0. The molecule has 0 aromatic rings. The van der Waals surface area contributed by atoms with E-state index in [2.05, 4.69) is 0 Å². The molecular weight excluding hydrogens is 271 g/mol. The fourth-order valence-corrected chi connectivity index (χ4v) is 1.29. The van der Waals surface area contributed by atoms with E-state index in [1.165, 1.54) is 12.2 Å². The summed E-state index contributed by atoms with van der Waals surface area (Å²) in [6.07, 6.45) is -7.17. The molecule has 1 atom stereocenters. The minimum atomic E-state index is -6.39. The summed E-state index contributed by atoms with van der Waals surface area (Å²) in [5, 5.41) is 1.43. The molecular formula is C9H12F7NO. The second kappa shape index (κ2) is 5.31. The molecule has 0 heterocycles. The zero-order valence-electron chi connectivity index (χ0n) is 9.55. The van der Waals surface area contributed by atoms with Crippen molar-refractivity contribution in [1.29, 1.82) is 0 Å². The van der Waals surface area contributed by atoms with Crippen LogP contribution >= 0.6 is 0 Å². The lowest BCUT2D eigenvalue weighted by atomic mass is 9.98. The van der Waals surface area contributed by atoms with Crippen LogP contribution in [0.25, 0.3) is 0 Å². The van der Waals surface area contributed by atoms with Crippen LogP contribution in [0.4, 0.5) is 30.7 Å². The number of alkyl halides is 7. The minimum absolute atomic E-state index is 0.0888. The number of nitrogens with one attached hydrogen (secondary N) is 1. The molecule has 0 rings (SSSR count). The summed E-state index contributed by atoms with van der Waals surface area (Å²) in [6, 6.07) is -2.57. The van der Waals surface area contributed by atoms with E-state index in [0.717, 1.165) is 6.92 Å². The Balaban J connectivity index is 5.34. The number of halogens is 7. The summed E-state index contributed by atoms with van der Waals surface area (Å²) in [5.41, 5.74) is 0. The molecule has 1 N–H and O–H groups in total. The van der Waals surface area contributed by atoms with Crippen LogP contribution in [0, 0.1) is 0 Å². The van der Waals surface area contributed by atoms with E-state index >= 15 is 0 Å². The Morgan fingerprint density at radius 3 is 1.83 bits per heavy atom. The molecule has 0 unspecified atom stereocenters. The topological polar surface area (TPSA) is 29.1 Å². The molecule has 0 saturated carbocycles. The van der Waals surface area contributed by atoms with Crippen molar-refractivity contribution in [2.75, 3.05) is 0 Å². The van der Waals surface area contributed by atoms with Gasteiger partial charge in [0.2, 0.25) is 5.91 Å². The first-order valence-corrected chi connectivity index (χ1v) is 4.97. The minimum Gasteiger partial charge on any atom is -0.347 e. The first-order chi connectivity index (χ1) is 7.88. The van der Waals surface area contributed by atoms with Gasteiger partial charge >= 0.3 is 18.0 Å². The average molecular weight is 283 g/mol. The normalized spacial score (nSPS) is 15.4. The second-order valence-electron chi connectivity index (χ2n) is 3.74. The average Bonchev–Trinajstić information content (AvgIpc) is 2.14. The molecule has 0 aromatic heterocycles. The standard InChI is InChI=1S/C9H12F7NO/c1-3-4-6(17-5(2)18)7(10,11)8(12,13)9(14,15)16/h6H,3-4H2,1-2H3,(H,17,18)/t6-/m1/s1. The lowest BCUT2D eigenvalue weighted by molar-refractivity contribution is -0.360. The van der Waals surface area contributed by atoms with Gasteiger partial charge in [0.05, 0.1) is 6.04 Å². The smallest absolute Gasteiger partial charge is 0.347 e. The van der Waals surface area contributed by atoms with Gasteiger partial charge in [-0.25, -0.2) is 0 Å². The van der Waals surface area contributed by atoms with Gasteiger partial charge in [0.25, 0.3) is 0 Å². The van der Waals surface area contributed by atoms with Gasteiger partial charge in [0.1, 0.15) is 0 Å². The molecule has 0 saturated heterocycles. The molecule has 0 spiro atoms. The highest BCUT2D eigenvalue weighted by Gasteiger charge is 2.75. The first-order valence-electron chi connectivity index (χ1n) is 4.97. The van der Waals surface area contributed by atoms with E-state index in [0.29, 0.717) is 0 Å². The molecule has 0 aliphatic carbocycles. The highest BCUT2D eigenvalue weighted by molar-refractivity contribution is 5.73. The fraction of sp³-hybridized carbons (Fsp3) is 0.889. The Kier molecular flexibility index (Phi) is 5.01. The Morgan fingerprint density at radius 1 is 1.11 bits per heavy atom. The van der Waals surface area contributed by atoms with Crippen LogP contribution in [-0.4, -0.2) is 30.0 Å².